The topological polar surface area (TPSA) is 67.4 Å². The number of ether oxygens (including phenoxy) is 1. The van der Waals surface area contributed by atoms with Crippen LogP contribution in [-0.4, -0.2) is 18.4 Å². The van der Waals surface area contributed by atoms with Gasteiger partial charge in [-0.3, -0.25) is 20.4 Å². The second-order valence-electron chi connectivity index (χ2n) is 7.05. The van der Waals surface area contributed by atoms with E-state index in [9.17, 15) is 9.59 Å². The Balaban J connectivity index is 1.51. The fourth-order valence-electron chi connectivity index (χ4n) is 3.22. The van der Waals surface area contributed by atoms with Crippen LogP contribution >= 0.6 is 0 Å². The number of hydrogen-bond donors (Lipinski definition) is 2. The summed E-state index contributed by atoms with van der Waals surface area (Å²) in [6, 6.07) is 21.4. The molecular weight excluding hydrogens is 364 g/mol. The summed E-state index contributed by atoms with van der Waals surface area (Å²) in [6.45, 7) is 4.07. The molecule has 0 saturated carbocycles. The van der Waals surface area contributed by atoms with Crippen LogP contribution in [0.5, 0.6) is 5.75 Å². The second kappa shape index (κ2) is 9.73. The minimum atomic E-state index is -0.407. The molecule has 0 bridgehead atoms. The molecule has 1 unspecified atom stereocenters. The van der Waals surface area contributed by atoms with Gasteiger partial charge in [-0.05, 0) is 40.3 Å². The third-order valence-electron chi connectivity index (χ3n) is 4.99. The third-order valence-corrected chi connectivity index (χ3v) is 4.99. The Morgan fingerprint density at radius 3 is 2.41 bits per heavy atom. The van der Waals surface area contributed by atoms with Gasteiger partial charge in [0.15, 0.2) is 6.61 Å². The summed E-state index contributed by atoms with van der Waals surface area (Å²) < 4.78 is 5.67. The number of hydrazine groups is 1. The Labute approximate surface area is 171 Å². The number of amides is 2. The molecule has 0 saturated heterocycles. The van der Waals surface area contributed by atoms with E-state index in [0.29, 0.717) is 11.7 Å². The average Bonchev–Trinajstić information content (AvgIpc) is 2.76. The standard InChI is InChI=1S/C24H26N2O3/c1-3-17(2)20-12-6-7-14-22(20)29-16-24(28)26-25-23(27)15-19-11-8-10-18-9-4-5-13-21(18)19/h4-14,17H,3,15-16H2,1-2H3,(H,25,27)(H,26,28). The van der Waals surface area contributed by atoms with Gasteiger partial charge < -0.3 is 4.74 Å². The first-order valence-electron chi connectivity index (χ1n) is 9.84. The van der Waals surface area contributed by atoms with Gasteiger partial charge in [-0.25, -0.2) is 0 Å². The number of nitrogens with one attached hydrogen (secondary N) is 2. The predicted molar refractivity (Wildman–Crippen MR) is 115 cm³/mol. The van der Waals surface area contributed by atoms with Gasteiger partial charge in [0, 0.05) is 0 Å². The van der Waals surface area contributed by atoms with E-state index in [4.69, 9.17) is 4.74 Å². The number of rotatable bonds is 7. The predicted octanol–water partition coefficient (Wildman–Crippen LogP) is 4.12. The first kappa shape index (κ1) is 20.4. The van der Waals surface area contributed by atoms with Crippen LogP contribution in [0.1, 0.15) is 37.3 Å². The molecular formula is C24H26N2O3. The summed E-state index contributed by atoms with van der Waals surface area (Å²) in [4.78, 5) is 24.3. The Morgan fingerprint density at radius 1 is 0.897 bits per heavy atom. The van der Waals surface area contributed by atoms with Gasteiger partial charge in [0.1, 0.15) is 5.75 Å². The average molecular weight is 390 g/mol. The minimum absolute atomic E-state index is 0.165. The lowest BCUT2D eigenvalue weighted by Crippen LogP contribution is -2.44. The van der Waals surface area contributed by atoms with Crippen molar-refractivity contribution in [2.45, 2.75) is 32.6 Å². The van der Waals surface area contributed by atoms with E-state index in [0.717, 1.165) is 28.3 Å². The van der Waals surface area contributed by atoms with Crippen LogP contribution in [0.3, 0.4) is 0 Å². The molecule has 0 heterocycles. The molecule has 2 N–H and O–H groups in total. The molecule has 1 atom stereocenters. The summed E-state index contributed by atoms with van der Waals surface area (Å²) in [5.41, 5.74) is 6.86. The molecule has 150 valence electrons. The van der Waals surface area contributed by atoms with Crippen molar-refractivity contribution >= 4 is 22.6 Å². The van der Waals surface area contributed by atoms with Crippen molar-refractivity contribution in [3.8, 4) is 5.75 Å². The number of benzene rings is 3. The summed E-state index contributed by atoms with van der Waals surface area (Å²) >= 11 is 0. The second-order valence-corrected chi connectivity index (χ2v) is 7.05. The SMILES string of the molecule is CCC(C)c1ccccc1OCC(=O)NNC(=O)Cc1cccc2ccccc12. The lowest BCUT2D eigenvalue weighted by atomic mass is 9.98. The highest BCUT2D eigenvalue weighted by Crippen LogP contribution is 2.28. The summed E-state index contributed by atoms with van der Waals surface area (Å²) in [6.07, 6.45) is 1.16. The van der Waals surface area contributed by atoms with Crippen LogP contribution in [0.25, 0.3) is 10.8 Å². The molecule has 5 nitrogen and oxygen atoms in total. The van der Waals surface area contributed by atoms with E-state index in [-0.39, 0.29) is 18.9 Å². The number of carbonyl (C=O) groups is 2. The molecule has 3 aromatic rings. The highest BCUT2D eigenvalue weighted by molar-refractivity contribution is 5.91. The van der Waals surface area contributed by atoms with Gasteiger partial charge in [-0.1, -0.05) is 74.5 Å². The molecule has 3 aromatic carbocycles. The zero-order valence-corrected chi connectivity index (χ0v) is 16.8. The minimum Gasteiger partial charge on any atom is -0.483 e. The van der Waals surface area contributed by atoms with Gasteiger partial charge in [0.05, 0.1) is 6.42 Å². The fourth-order valence-corrected chi connectivity index (χ4v) is 3.22. The van der Waals surface area contributed by atoms with E-state index >= 15 is 0 Å². The van der Waals surface area contributed by atoms with Crippen LogP contribution in [0.4, 0.5) is 0 Å². The quantitative estimate of drug-likeness (QED) is 0.596. The highest BCUT2D eigenvalue weighted by Gasteiger charge is 2.12. The van der Waals surface area contributed by atoms with Crippen LogP contribution in [0.15, 0.2) is 66.7 Å². The van der Waals surface area contributed by atoms with Crippen LogP contribution in [0.2, 0.25) is 0 Å². The van der Waals surface area contributed by atoms with Gasteiger partial charge in [0.25, 0.3) is 5.91 Å². The summed E-state index contributed by atoms with van der Waals surface area (Å²) in [5, 5.41) is 2.11. The Hall–Kier alpha value is -3.34. The van der Waals surface area contributed by atoms with E-state index < -0.39 is 5.91 Å². The molecule has 0 spiro atoms. The maximum Gasteiger partial charge on any atom is 0.276 e. The van der Waals surface area contributed by atoms with Gasteiger partial charge >= 0.3 is 0 Å². The molecule has 3 rings (SSSR count). The molecule has 0 aliphatic heterocycles. The lowest BCUT2D eigenvalue weighted by molar-refractivity contribution is -0.129. The van der Waals surface area contributed by atoms with Crippen molar-refractivity contribution < 1.29 is 14.3 Å². The molecule has 5 heteroatoms. The molecule has 0 aliphatic rings. The number of hydrogen-bond acceptors (Lipinski definition) is 3. The van der Waals surface area contributed by atoms with Crippen molar-refractivity contribution in [2.24, 2.45) is 0 Å². The van der Waals surface area contributed by atoms with Gasteiger partial charge in [0.2, 0.25) is 5.91 Å². The number of carbonyl (C=O) groups excluding carboxylic acids is 2. The lowest BCUT2D eigenvalue weighted by Gasteiger charge is -2.15. The molecule has 29 heavy (non-hydrogen) atoms. The van der Waals surface area contributed by atoms with Gasteiger partial charge in [-0.15, -0.1) is 0 Å². The summed E-state index contributed by atoms with van der Waals surface area (Å²) in [7, 11) is 0. The highest BCUT2D eigenvalue weighted by atomic mass is 16.5. The Bertz CT molecular complexity index is 995. The zero-order chi connectivity index (χ0) is 20.6. The molecule has 0 fully saturated rings. The van der Waals surface area contributed by atoms with Crippen molar-refractivity contribution in [1.29, 1.82) is 0 Å². The Morgan fingerprint density at radius 2 is 1.59 bits per heavy atom. The normalized spacial score (nSPS) is 11.7. The smallest absolute Gasteiger partial charge is 0.276 e. The zero-order valence-electron chi connectivity index (χ0n) is 16.8. The first-order valence-corrected chi connectivity index (χ1v) is 9.84. The summed E-state index contributed by atoms with van der Waals surface area (Å²) in [5.74, 6) is 0.346. The van der Waals surface area contributed by atoms with E-state index in [1.807, 2.05) is 66.7 Å². The first-order chi connectivity index (χ1) is 14.1. The molecule has 0 aromatic heterocycles. The fraction of sp³-hybridized carbons (Fsp3) is 0.250. The van der Waals surface area contributed by atoms with Crippen LogP contribution in [-0.2, 0) is 16.0 Å². The van der Waals surface area contributed by atoms with Gasteiger partial charge in [-0.2, -0.15) is 0 Å². The van der Waals surface area contributed by atoms with Crippen LogP contribution < -0.4 is 15.6 Å². The molecule has 0 aliphatic carbocycles. The van der Waals surface area contributed by atoms with Crippen molar-refractivity contribution in [3.05, 3.63) is 77.9 Å². The van der Waals surface area contributed by atoms with Crippen molar-refractivity contribution in [2.75, 3.05) is 6.61 Å². The maximum atomic E-state index is 12.3. The maximum absolute atomic E-state index is 12.3. The number of fused-ring (bicyclic) bond motifs is 1. The molecule has 2 amide bonds. The van der Waals surface area contributed by atoms with E-state index in [1.165, 1.54) is 0 Å². The van der Waals surface area contributed by atoms with E-state index in [2.05, 4.69) is 24.7 Å². The monoisotopic (exact) mass is 390 g/mol. The Kier molecular flexibility index (Phi) is 6.85. The number of para-hydroxylation sites is 1. The van der Waals surface area contributed by atoms with Crippen molar-refractivity contribution in [1.82, 2.24) is 10.9 Å². The largest absolute Gasteiger partial charge is 0.483 e. The third kappa shape index (κ3) is 5.35. The molecule has 0 radical (unpaired) electrons. The van der Waals surface area contributed by atoms with E-state index in [1.54, 1.807) is 0 Å². The van der Waals surface area contributed by atoms with Crippen LogP contribution in [0, 0.1) is 0 Å². The van der Waals surface area contributed by atoms with Crippen molar-refractivity contribution in [3.63, 3.8) is 0 Å².